The van der Waals surface area contributed by atoms with Gasteiger partial charge in [0.05, 0.1) is 0 Å². The molecule has 4 N–H and O–H groups in total. The molecule has 3 nitrogen and oxygen atoms in total. The summed E-state index contributed by atoms with van der Waals surface area (Å²) in [4.78, 5) is 3.27. The van der Waals surface area contributed by atoms with Crippen molar-refractivity contribution in [3.63, 3.8) is 0 Å². The van der Waals surface area contributed by atoms with E-state index in [1.807, 2.05) is 12.1 Å². The largest absolute Gasteiger partial charge is 0.399 e. The van der Waals surface area contributed by atoms with Crippen molar-refractivity contribution in [2.75, 3.05) is 5.73 Å². The second-order valence-corrected chi connectivity index (χ2v) is 4.63. The molecule has 0 bridgehead atoms. The average molecular weight is 215 g/mol. The average Bonchev–Trinajstić information content (AvgIpc) is 2.58. The number of H-pyrrole nitrogens is 1. The van der Waals surface area contributed by atoms with E-state index in [-0.39, 0.29) is 0 Å². The summed E-state index contributed by atoms with van der Waals surface area (Å²) in [5.74, 6) is 0. The van der Waals surface area contributed by atoms with Gasteiger partial charge in [0.1, 0.15) is 0 Å². The Morgan fingerprint density at radius 3 is 3.00 bits per heavy atom. The molecule has 1 aromatic carbocycles. The predicted octanol–water partition coefficient (Wildman–Crippen LogP) is 2.39. The Morgan fingerprint density at radius 1 is 1.38 bits per heavy atom. The minimum absolute atomic E-state index is 0.735. The van der Waals surface area contributed by atoms with Crippen molar-refractivity contribution < 1.29 is 0 Å². The molecule has 2 aromatic rings. The van der Waals surface area contributed by atoms with Gasteiger partial charge in [-0.1, -0.05) is 12.5 Å². The maximum Gasteiger partial charge on any atom is 0.0477 e. The highest BCUT2D eigenvalue weighted by atomic mass is 14.9. The second-order valence-electron chi connectivity index (χ2n) is 4.63. The van der Waals surface area contributed by atoms with Crippen LogP contribution in [0, 0.1) is 0 Å². The lowest BCUT2D eigenvalue weighted by atomic mass is 9.93. The molecular weight excluding hydrogens is 198 g/mol. The number of aromatic nitrogens is 1. The van der Waals surface area contributed by atoms with Crippen LogP contribution >= 0.6 is 0 Å². The van der Waals surface area contributed by atoms with Crippen LogP contribution in [0.3, 0.4) is 0 Å². The number of rotatable bonds is 3. The van der Waals surface area contributed by atoms with Crippen molar-refractivity contribution in [1.82, 2.24) is 10.3 Å². The number of hydrogen-bond donors (Lipinski definition) is 3. The lowest BCUT2D eigenvalue weighted by molar-refractivity contribution is 0.338. The summed E-state index contributed by atoms with van der Waals surface area (Å²) >= 11 is 0. The standard InChI is InChI=1S/C13H17N3/c14-10-4-5-12-9(8-16-13(12)6-10)7-15-11-2-1-3-11/h4-6,8,11,15-16H,1-3,7,14H2. The van der Waals surface area contributed by atoms with Gasteiger partial charge in [-0.3, -0.25) is 0 Å². The normalized spacial score (nSPS) is 16.5. The first-order valence-corrected chi connectivity index (χ1v) is 5.92. The predicted molar refractivity (Wildman–Crippen MR) is 67.2 cm³/mol. The fourth-order valence-electron chi connectivity index (χ4n) is 2.22. The molecule has 0 unspecified atom stereocenters. The Kier molecular flexibility index (Phi) is 2.33. The molecule has 1 aromatic heterocycles. The molecule has 0 amide bonds. The molecule has 16 heavy (non-hydrogen) atoms. The third-order valence-corrected chi connectivity index (χ3v) is 3.48. The molecule has 1 aliphatic rings. The summed E-state index contributed by atoms with van der Waals surface area (Å²) in [6.45, 7) is 0.953. The lowest BCUT2D eigenvalue weighted by Crippen LogP contribution is -2.34. The zero-order valence-corrected chi connectivity index (χ0v) is 9.29. The minimum atomic E-state index is 0.735. The fraction of sp³-hybridized carbons (Fsp3) is 0.385. The van der Waals surface area contributed by atoms with Gasteiger partial charge in [0.25, 0.3) is 0 Å². The lowest BCUT2D eigenvalue weighted by Gasteiger charge is -2.26. The molecule has 0 saturated heterocycles. The second kappa shape index (κ2) is 3.83. The summed E-state index contributed by atoms with van der Waals surface area (Å²) in [5, 5.41) is 4.86. The van der Waals surface area contributed by atoms with Crippen LogP contribution in [0.2, 0.25) is 0 Å². The van der Waals surface area contributed by atoms with E-state index in [1.165, 1.54) is 30.2 Å². The third kappa shape index (κ3) is 1.67. The van der Waals surface area contributed by atoms with Crippen LogP contribution in [0.1, 0.15) is 24.8 Å². The molecule has 0 spiro atoms. The van der Waals surface area contributed by atoms with Gasteiger partial charge in [-0.15, -0.1) is 0 Å². The number of fused-ring (bicyclic) bond motifs is 1. The van der Waals surface area contributed by atoms with Crippen molar-refractivity contribution >= 4 is 16.6 Å². The molecule has 84 valence electrons. The first-order chi connectivity index (χ1) is 7.83. The van der Waals surface area contributed by atoms with E-state index >= 15 is 0 Å². The van der Waals surface area contributed by atoms with Crippen molar-refractivity contribution in [2.24, 2.45) is 0 Å². The molecule has 1 heterocycles. The summed E-state index contributed by atoms with van der Waals surface area (Å²) in [5.41, 5.74) is 9.03. The number of anilines is 1. The van der Waals surface area contributed by atoms with Gasteiger partial charge in [0, 0.05) is 35.4 Å². The van der Waals surface area contributed by atoms with Crippen LogP contribution in [0.15, 0.2) is 24.4 Å². The first-order valence-electron chi connectivity index (χ1n) is 5.92. The topological polar surface area (TPSA) is 53.8 Å². The van der Waals surface area contributed by atoms with Gasteiger partial charge in [-0.05, 0) is 30.5 Å². The number of hydrogen-bond acceptors (Lipinski definition) is 2. The van der Waals surface area contributed by atoms with E-state index in [1.54, 1.807) is 0 Å². The van der Waals surface area contributed by atoms with Crippen molar-refractivity contribution in [1.29, 1.82) is 0 Å². The Hall–Kier alpha value is -1.48. The molecule has 1 aliphatic carbocycles. The number of nitrogens with one attached hydrogen (secondary N) is 2. The fourth-order valence-corrected chi connectivity index (χ4v) is 2.22. The third-order valence-electron chi connectivity index (χ3n) is 3.48. The van der Waals surface area contributed by atoms with Crippen molar-refractivity contribution in [3.05, 3.63) is 30.0 Å². The van der Waals surface area contributed by atoms with Crippen molar-refractivity contribution in [2.45, 2.75) is 31.8 Å². The van der Waals surface area contributed by atoms with Crippen LogP contribution in [0.4, 0.5) is 5.69 Å². The number of nitrogen functional groups attached to an aromatic ring is 1. The Morgan fingerprint density at radius 2 is 2.25 bits per heavy atom. The first kappa shape index (κ1) is 9.73. The van der Waals surface area contributed by atoms with Gasteiger partial charge in [0.2, 0.25) is 0 Å². The molecule has 0 aliphatic heterocycles. The van der Waals surface area contributed by atoms with Crippen LogP contribution < -0.4 is 11.1 Å². The van der Waals surface area contributed by atoms with E-state index in [0.717, 1.165) is 23.8 Å². The van der Waals surface area contributed by atoms with Gasteiger partial charge in [0.15, 0.2) is 0 Å². The van der Waals surface area contributed by atoms with Gasteiger partial charge < -0.3 is 16.0 Å². The van der Waals surface area contributed by atoms with Crippen LogP contribution in [0.5, 0.6) is 0 Å². The highest BCUT2D eigenvalue weighted by molar-refractivity contribution is 5.85. The number of benzene rings is 1. The quantitative estimate of drug-likeness (QED) is 0.689. The van der Waals surface area contributed by atoms with Crippen LogP contribution in [0.25, 0.3) is 10.9 Å². The van der Waals surface area contributed by atoms with Gasteiger partial charge in [-0.2, -0.15) is 0 Å². The van der Waals surface area contributed by atoms with Gasteiger partial charge >= 0.3 is 0 Å². The van der Waals surface area contributed by atoms with E-state index in [4.69, 9.17) is 5.73 Å². The van der Waals surface area contributed by atoms with E-state index in [2.05, 4.69) is 22.6 Å². The Balaban J connectivity index is 1.80. The maximum atomic E-state index is 5.75. The SMILES string of the molecule is Nc1ccc2c(CNC3CCC3)c[nH]c2c1. The van der Waals surface area contributed by atoms with E-state index in [9.17, 15) is 0 Å². The number of aromatic amines is 1. The molecule has 1 fully saturated rings. The minimum Gasteiger partial charge on any atom is -0.399 e. The van der Waals surface area contributed by atoms with Crippen LogP contribution in [-0.2, 0) is 6.54 Å². The number of nitrogens with two attached hydrogens (primary N) is 1. The van der Waals surface area contributed by atoms with E-state index < -0.39 is 0 Å². The molecule has 3 rings (SSSR count). The van der Waals surface area contributed by atoms with Gasteiger partial charge in [-0.25, -0.2) is 0 Å². The monoisotopic (exact) mass is 215 g/mol. The van der Waals surface area contributed by atoms with Crippen molar-refractivity contribution in [3.8, 4) is 0 Å². The Bertz CT molecular complexity index is 497. The summed E-state index contributed by atoms with van der Waals surface area (Å²) in [6, 6.07) is 6.78. The van der Waals surface area contributed by atoms with Crippen LogP contribution in [-0.4, -0.2) is 11.0 Å². The Labute approximate surface area is 95.0 Å². The molecule has 3 heteroatoms. The zero-order chi connectivity index (χ0) is 11.0. The summed E-state index contributed by atoms with van der Waals surface area (Å²) < 4.78 is 0. The molecule has 0 radical (unpaired) electrons. The molecular formula is C13H17N3. The molecule has 1 saturated carbocycles. The summed E-state index contributed by atoms with van der Waals surface area (Å²) in [6.07, 6.45) is 6.11. The summed E-state index contributed by atoms with van der Waals surface area (Å²) in [7, 11) is 0. The highest BCUT2D eigenvalue weighted by Gasteiger charge is 2.16. The molecule has 0 atom stereocenters. The zero-order valence-electron chi connectivity index (χ0n) is 9.29. The highest BCUT2D eigenvalue weighted by Crippen LogP contribution is 2.22. The maximum absolute atomic E-state index is 5.75. The smallest absolute Gasteiger partial charge is 0.0477 e. The van der Waals surface area contributed by atoms with E-state index in [0.29, 0.717) is 0 Å².